The zero-order valence-electron chi connectivity index (χ0n) is 10.6. The molecule has 2 aromatic rings. The summed E-state index contributed by atoms with van der Waals surface area (Å²) in [7, 11) is 0. The standard InChI is InChI=1S/C13H10BrN3O4/c14-10-6-15-7-11(17(20)21)12(10)16-5-8-1-3-9(4-2-8)13(18)19/h1-4,6-7H,5H2,(H,15,16)(H,18,19). The van der Waals surface area contributed by atoms with Crippen LogP contribution >= 0.6 is 15.9 Å². The highest BCUT2D eigenvalue weighted by Crippen LogP contribution is 2.31. The molecule has 0 saturated heterocycles. The van der Waals surface area contributed by atoms with Crippen molar-refractivity contribution in [2.75, 3.05) is 5.32 Å². The molecule has 0 bridgehead atoms. The van der Waals surface area contributed by atoms with Gasteiger partial charge in [-0.05, 0) is 33.6 Å². The van der Waals surface area contributed by atoms with Gasteiger partial charge in [0.25, 0.3) is 0 Å². The molecule has 1 aromatic heterocycles. The molecular formula is C13H10BrN3O4. The molecule has 7 nitrogen and oxygen atoms in total. The minimum Gasteiger partial charge on any atom is -0.478 e. The quantitative estimate of drug-likeness (QED) is 0.633. The van der Waals surface area contributed by atoms with Crippen LogP contribution in [0.1, 0.15) is 15.9 Å². The summed E-state index contributed by atoms with van der Waals surface area (Å²) in [6.45, 7) is 0.323. The molecular weight excluding hydrogens is 342 g/mol. The molecule has 21 heavy (non-hydrogen) atoms. The van der Waals surface area contributed by atoms with Gasteiger partial charge in [0.2, 0.25) is 0 Å². The number of nitrogens with zero attached hydrogens (tertiary/aromatic N) is 2. The zero-order valence-corrected chi connectivity index (χ0v) is 12.2. The van der Waals surface area contributed by atoms with Crippen LogP contribution in [0.3, 0.4) is 0 Å². The van der Waals surface area contributed by atoms with Crippen LogP contribution in [-0.2, 0) is 6.54 Å². The maximum atomic E-state index is 10.9. The molecule has 0 saturated carbocycles. The van der Waals surface area contributed by atoms with E-state index in [0.717, 1.165) is 5.56 Å². The fourth-order valence-electron chi connectivity index (χ4n) is 1.69. The Morgan fingerprint density at radius 1 is 1.33 bits per heavy atom. The molecule has 0 unspecified atom stereocenters. The fourth-order valence-corrected chi connectivity index (χ4v) is 2.16. The number of nitrogens with one attached hydrogen (secondary N) is 1. The van der Waals surface area contributed by atoms with Crippen molar-refractivity contribution in [2.24, 2.45) is 0 Å². The van der Waals surface area contributed by atoms with Gasteiger partial charge >= 0.3 is 11.7 Å². The Morgan fingerprint density at radius 2 is 2.00 bits per heavy atom. The highest BCUT2D eigenvalue weighted by atomic mass is 79.9. The highest BCUT2D eigenvalue weighted by Gasteiger charge is 2.16. The van der Waals surface area contributed by atoms with Gasteiger partial charge in [0.1, 0.15) is 11.9 Å². The third kappa shape index (κ3) is 3.54. The summed E-state index contributed by atoms with van der Waals surface area (Å²) < 4.78 is 0.485. The van der Waals surface area contributed by atoms with Gasteiger partial charge < -0.3 is 10.4 Å². The van der Waals surface area contributed by atoms with E-state index in [2.05, 4.69) is 26.2 Å². The Kier molecular flexibility index (Phi) is 4.49. The lowest BCUT2D eigenvalue weighted by atomic mass is 10.1. The monoisotopic (exact) mass is 351 g/mol. The number of carbonyl (C=O) groups is 1. The predicted octanol–water partition coefficient (Wildman–Crippen LogP) is 3.06. The SMILES string of the molecule is O=C(O)c1ccc(CNc2c(Br)cncc2[N+](=O)[O-])cc1. The lowest BCUT2D eigenvalue weighted by Gasteiger charge is -2.09. The average molecular weight is 352 g/mol. The number of carboxylic acid groups (broad SMARTS) is 1. The van der Waals surface area contributed by atoms with E-state index in [1.165, 1.54) is 24.5 Å². The van der Waals surface area contributed by atoms with Crippen LogP contribution in [-0.4, -0.2) is 21.0 Å². The zero-order chi connectivity index (χ0) is 15.4. The molecule has 0 radical (unpaired) electrons. The third-order valence-corrected chi connectivity index (χ3v) is 3.35. The minimum absolute atomic E-state index is 0.133. The second-order valence-corrected chi connectivity index (χ2v) is 4.98. The molecule has 0 aliphatic rings. The average Bonchev–Trinajstić information content (AvgIpc) is 2.46. The number of carboxylic acids is 1. The second kappa shape index (κ2) is 6.31. The number of aromatic carboxylic acids is 1. The first-order valence-electron chi connectivity index (χ1n) is 5.83. The summed E-state index contributed by atoms with van der Waals surface area (Å²) in [5.41, 5.74) is 1.19. The van der Waals surface area contributed by atoms with E-state index in [4.69, 9.17) is 5.11 Å². The number of nitro groups is 1. The van der Waals surface area contributed by atoms with Gasteiger partial charge in [-0.25, -0.2) is 4.79 Å². The molecule has 0 amide bonds. The van der Waals surface area contributed by atoms with E-state index in [1.54, 1.807) is 12.1 Å². The number of rotatable bonds is 5. The number of pyridine rings is 1. The Balaban J connectivity index is 2.16. The van der Waals surface area contributed by atoms with E-state index in [-0.39, 0.29) is 11.3 Å². The fraction of sp³-hybridized carbons (Fsp3) is 0.0769. The van der Waals surface area contributed by atoms with Crippen molar-refractivity contribution in [2.45, 2.75) is 6.54 Å². The molecule has 0 aliphatic carbocycles. The molecule has 108 valence electrons. The van der Waals surface area contributed by atoms with Gasteiger partial charge in [-0.3, -0.25) is 15.1 Å². The summed E-state index contributed by atoms with van der Waals surface area (Å²) in [5, 5.41) is 22.7. The van der Waals surface area contributed by atoms with Crippen LogP contribution in [0.2, 0.25) is 0 Å². The van der Waals surface area contributed by atoms with Gasteiger partial charge in [-0.15, -0.1) is 0 Å². The maximum Gasteiger partial charge on any atom is 0.335 e. The first-order chi connectivity index (χ1) is 9.99. The van der Waals surface area contributed by atoms with Crippen molar-refractivity contribution >= 4 is 33.3 Å². The molecule has 1 heterocycles. The Bertz CT molecular complexity index is 688. The van der Waals surface area contributed by atoms with Crippen molar-refractivity contribution in [3.63, 3.8) is 0 Å². The van der Waals surface area contributed by atoms with Crippen molar-refractivity contribution in [3.8, 4) is 0 Å². The van der Waals surface area contributed by atoms with Crippen LogP contribution in [0, 0.1) is 10.1 Å². The van der Waals surface area contributed by atoms with Crippen molar-refractivity contribution in [1.29, 1.82) is 0 Å². The summed E-state index contributed by atoms with van der Waals surface area (Å²) in [6.07, 6.45) is 2.63. The van der Waals surface area contributed by atoms with Gasteiger partial charge in [0, 0.05) is 12.7 Å². The lowest BCUT2D eigenvalue weighted by Crippen LogP contribution is -2.04. The van der Waals surface area contributed by atoms with E-state index in [9.17, 15) is 14.9 Å². The molecule has 2 N–H and O–H groups in total. The third-order valence-electron chi connectivity index (χ3n) is 2.75. The normalized spacial score (nSPS) is 10.1. The van der Waals surface area contributed by atoms with E-state index in [1.807, 2.05) is 0 Å². The largest absolute Gasteiger partial charge is 0.478 e. The maximum absolute atomic E-state index is 10.9. The van der Waals surface area contributed by atoms with Crippen molar-refractivity contribution in [1.82, 2.24) is 4.98 Å². The Morgan fingerprint density at radius 3 is 2.57 bits per heavy atom. The predicted molar refractivity (Wildman–Crippen MR) is 79.3 cm³/mol. The number of benzene rings is 1. The van der Waals surface area contributed by atoms with E-state index in [0.29, 0.717) is 16.7 Å². The first kappa shape index (κ1) is 14.9. The lowest BCUT2D eigenvalue weighted by molar-refractivity contribution is -0.384. The number of aromatic nitrogens is 1. The topological polar surface area (TPSA) is 105 Å². The molecule has 0 atom stereocenters. The van der Waals surface area contributed by atoms with Gasteiger partial charge in [0.15, 0.2) is 0 Å². The van der Waals surface area contributed by atoms with Gasteiger partial charge in [-0.2, -0.15) is 0 Å². The molecule has 1 aromatic carbocycles. The van der Waals surface area contributed by atoms with Crippen molar-refractivity contribution < 1.29 is 14.8 Å². The van der Waals surface area contributed by atoms with Crippen LogP contribution < -0.4 is 5.32 Å². The van der Waals surface area contributed by atoms with E-state index >= 15 is 0 Å². The molecule has 2 rings (SSSR count). The molecule has 8 heteroatoms. The smallest absolute Gasteiger partial charge is 0.335 e. The minimum atomic E-state index is -0.998. The van der Waals surface area contributed by atoms with Crippen LogP contribution in [0.4, 0.5) is 11.4 Å². The van der Waals surface area contributed by atoms with E-state index < -0.39 is 10.9 Å². The Labute approximate surface area is 127 Å². The Hall–Kier alpha value is -2.48. The highest BCUT2D eigenvalue weighted by molar-refractivity contribution is 9.10. The second-order valence-electron chi connectivity index (χ2n) is 4.13. The molecule has 0 aliphatic heterocycles. The number of halogens is 1. The van der Waals surface area contributed by atoms with Crippen LogP contribution in [0.5, 0.6) is 0 Å². The first-order valence-corrected chi connectivity index (χ1v) is 6.62. The summed E-state index contributed by atoms with van der Waals surface area (Å²) in [6, 6.07) is 6.26. The summed E-state index contributed by atoms with van der Waals surface area (Å²) in [4.78, 5) is 24.9. The number of anilines is 1. The number of hydrogen-bond acceptors (Lipinski definition) is 5. The van der Waals surface area contributed by atoms with Gasteiger partial charge in [-0.1, -0.05) is 12.1 Å². The number of hydrogen-bond donors (Lipinski definition) is 2. The van der Waals surface area contributed by atoms with Crippen LogP contribution in [0.25, 0.3) is 0 Å². The summed E-state index contributed by atoms with van der Waals surface area (Å²) in [5.74, 6) is -0.998. The summed E-state index contributed by atoms with van der Waals surface area (Å²) >= 11 is 3.21. The van der Waals surface area contributed by atoms with Gasteiger partial charge in [0.05, 0.1) is 15.0 Å². The molecule has 0 spiro atoms. The van der Waals surface area contributed by atoms with Crippen LogP contribution in [0.15, 0.2) is 41.1 Å². The van der Waals surface area contributed by atoms with Crippen molar-refractivity contribution in [3.05, 3.63) is 62.4 Å². The molecule has 0 fully saturated rings.